The molecular weight excluding hydrogens is 471 g/mol. The van der Waals surface area contributed by atoms with Gasteiger partial charge >= 0.3 is 0 Å². The van der Waals surface area contributed by atoms with Crippen molar-refractivity contribution < 1.29 is 24.2 Å². The molecule has 1 unspecified atom stereocenters. The second-order valence-corrected chi connectivity index (χ2v) is 9.59. The average molecular weight is 495 g/mol. The van der Waals surface area contributed by atoms with Gasteiger partial charge in [-0.2, -0.15) is 0 Å². The third kappa shape index (κ3) is 3.63. The highest BCUT2D eigenvalue weighted by Gasteiger charge is 2.65. The van der Waals surface area contributed by atoms with Gasteiger partial charge in [0, 0.05) is 6.20 Å². The van der Waals surface area contributed by atoms with E-state index in [1.54, 1.807) is 18.2 Å². The van der Waals surface area contributed by atoms with E-state index in [1.807, 2.05) is 37.6 Å². The van der Waals surface area contributed by atoms with Crippen molar-refractivity contribution in [3.8, 4) is 0 Å². The number of rotatable bonds is 4. The summed E-state index contributed by atoms with van der Waals surface area (Å²) in [6.07, 6.45) is 0.462. The van der Waals surface area contributed by atoms with E-state index < -0.39 is 35.9 Å². The minimum Gasteiger partial charge on any atom is -0.397 e. The highest BCUT2D eigenvalue weighted by atomic mass is 35.5. The molecule has 0 bridgehead atoms. The third-order valence-electron chi connectivity index (χ3n) is 6.12. The zero-order valence-corrected chi connectivity index (χ0v) is 20.0. The maximum Gasteiger partial charge on any atom is 0.203 e. The van der Waals surface area contributed by atoms with Gasteiger partial charge in [0.15, 0.2) is 12.0 Å². The number of aliphatic hydroxyl groups excluding tert-OH is 1. The predicted octanol–water partition coefficient (Wildman–Crippen LogP) is 3.67. The van der Waals surface area contributed by atoms with E-state index >= 15 is 0 Å². The SMILES string of the molecule is CON=c1nc[nH]c2c1ccn2[C@@H]1O[C@H](C(O)c2ccc(Cl)c(Cl)c2)[C@@]2(C)OC(C)(C)O[C@@H]12. The first-order valence-electron chi connectivity index (χ1n) is 10.4. The molecule has 2 aliphatic rings. The first kappa shape index (κ1) is 22.6. The number of halogens is 2. The molecule has 0 spiro atoms. The first-order valence-corrected chi connectivity index (χ1v) is 11.2. The number of nitrogens with zero attached hydrogens (tertiary/aromatic N) is 3. The van der Waals surface area contributed by atoms with Crippen LogP contribution in [0.25, 0.3) is 11.0 Å². The van der Waals surface area contributed by atoms with E-state index in [1.165, 1.54) is 13.4 Å². The fourth-order valence-corrected chi connectivity index (χ4v) is 5.10. The molecule has 5 atom stereocenters. The highest BCUT2D eigenvalue weighted by Crippen LogP contribution is 2.53. The van der Waals surface area contributed by atoms with Crippen LogP contribution in [0.4, 0.5) is 0 Å². The molecule has 176 valence electrons. The summed E-state index contributed by atoms with van der Waals surface area (Å²) in [5, 5.41) is 16.8. The summed E-state index contributed by atoms with van der Waals surface area (Å²) in [6, 6.07) is 6.86. The molecule has 2 saturated heterocycles. The van der Waals surface area contributed by atoms with Crippen LogP contribution < -0.4 is 5.49 Å². The van der Waals surface area contributed by atoms with E-state index in [-0.39, 0.29) is 0 Å². The van der Waals surface area contributed by atoms with Gasteiger partial charge in [0.05, 0.1) is 21.8 Å². The fourth-order valence-electron chi connectivity index (χ4n) is 4.80. The van der Waals surface area contributed by atoms with Crippen molar-refractivity contribution in [1.29, 1.82) is 0 Å². The lowest BCUT2D eigenvalue weighted by molar-refractivity contribution is -0.223. The van der Waals surface area contributed by atoms with Crippen LogP contribution in [-0.2, 0) is 19.0 Å². The lowest BCUT2D eigenvalue weighted by atomic mass is 9.88. The highest BCUT2D eigenvalue weighted by molar-refractivity contribution is 6.42. The van der Waals surface area contributed by atoms with Gasteiger partial charge in [-0.3, -0.25) is 0 Å². The summed E-state index contributed by atoms with van der Waals surface area (Å²) in [4.78, 5) is 12.3. The van der Waals surface area contributed by atoms with E-state index in [2.05, 4.69) is 15.1 Å². The van der Waals surface area contributed by atoms with Crippen LogP contribution in [0.3, 0.4) is 0 Å². The molecule has 33 heavy (non-hydrogen) atoms. The summed E-state index contributed by atoms with van der Waals surface area (Å²) in [5.41, 5.74) is 0.758. The molecule has 0 aliphatic carbocycles. The van der Waals surface area contributed by atoms with Gasteiger partial charge in [0.1, 0.15) is 36.7 Å². The zero-order chi connectivity index (χ0) is 23.5. The topological polar surface area (TPSA) is 103 Å². The average Bonchev–Trinajstić information content (AvgIpc) is 3.37. The molecule has 4 heterocycles. The number of ether oxygens (including phenoxy) is 3. The lowest BCUT2D eigenvalue weighted by Crippen LogP contribution is -2.46. The molecule has 0 saturated carbocycles. The van der Waals surface area contributed by atoms with Crippen LogP contribution in [0.15, 0.2) is 41.9 Å². The maximum absolute atomic E-state index is 11.3. The molecule has 5 rings (SSSR count). The summed E-state index contributed by atoms with van der Waals surface area (Å²) < 4.78 is 21.0. The van der Waals surface area contributed by atoms with E-state index in [0.29, 0.717) is 26.7 Å². The second kappa shape index (κ2) is 7.97. The van der Waals surface area contributed by atoms with Crippen molar-refractivity contribution >= 4 is 34.2 Å². The molecule has 3 aromatic rings. The Kier molecular flexibility index (Phi) is 5.47. The maximum atomic E-state index is 11.3. The molecular formula is C22H24Cl2N4O5. The van der Waals surface area contributed by atoms with Crippen molar-refractivity contribution in [1.82, 2.24) is 14.5 Å². The van der Waals surface area contributed by atoms with Crippen LogP contribution in [0.1, 0.15) is 38.7 Å². The summed E-state index contributed by atoms with van der Waals surface area (Å²) >= 11 is 12.3. The predicted molar refractivity (Wildman–Crippen MR) is 120 cm³/mol. The van der Waals surface area contributed by atoms with E-state index in [0.717, 1.165) is 5.39 Å². The Bertz CT molecular complexity index is 1280. The molecule has 2 fully saturated rings. The molecule has 9 nitrogen and oxygen atoms in total. The molecule has 0 radical (unpaired) electrons. The van der Waals surface area contributed by atoms with Crippen LogP contribution in [-0.4, -0.2) is 50.3 Å². The monoisotopic (exact) mass is 494 g/mol. The van der Waals surface area contributed by atoms with Gasteiger partial charge in [0.2, 0.25) is 5.49 Å². The summed E-state index contributed by atoms with van der Waals surface area (Å²) in [6.45, 7) is 5.58. The van der Waals surface area contributed by atoms with Crippen LogP contribution in [0.5, 0.6) is 0 Å². The van der Waals surface area contributed by atoms with E-state index in [9.17, 15) is 5.11 Å². The largest absolute Gasteiger partial charge is 0.397 e. The lowest BCUT2D eigenvalue weighted by Gasteiger charge is -2.32. The minimum absolute atomic E-state index is 0.348. The molecule has 0 amide bonds. The summed E-state index contributed by atoms with van der Waals surface area (Å²) in [7, 11) is 1.47. The van der Waals surface area contributed by atoms with Crippen LogP contribution in [0.2, 0.25) is 10.0 Å². The number of H-pyrrole nitrogens is 1. The van der Waals surface area contributed by atoms with Gasteiger partial charge in [0.25, 0.3) is 0 Å². The van der Waals surface area contributed by atoms with Gasteiger partial charge in [-0.25, -0.2) is 4.98 Å². The minimum atomic E-state index is -1.04. The Morgan fingerprint density at radius 3 is 2.76 bits per heavy atom. The van der Waals surface area contributed by atoms with Crippen LogP contribution >= 0.6 is 23.2 Å². The first-order chi connectivity index (χ1) is 15.6. The van der Waals surface area contributed by atoms with Gasteiger partial charge in [-0.05, 0) is 44.5 Å². The Morgan fingerprint density at radius 1 is 1.24 bits per heavy atom. The van der Waals surface area contributed by atoms with Gasteiger partial charge < -0.3 is 33.7 Å². The van der Waals surface area contributed by atoms with E-state index in [4.69, 9.17) is 42.3 Å². The molecule has 1 aromatic carbocycles. The Morgan fingerprint density at radius 2 is 2.03 bits per heavy atom. The number of hydrogen-bond donors (Lipinski definition) is 2. The van der Waals surface area contributed by atoms with Crippen molar-refractivity contribution in [2.75, 3.05) is 7.11 Å². The van der Waals surface area contributed by atoms with Crippen LogP contribution in [0, 0.1) is 0 Å². The number of aliphatic hydroxyl groups is 1. The van der Waals surface area contributed by atoms with Crippen molar-refractivity contribution in [2.45, 2.75) is 56.7 Å². The summed E-state index contributed by atoms with van der Waals surface area (Å²) in [5.74, 6) is -0.873. The second-order valence-electron chi connectivity index (χ2n) is 8.78. The zero-order valence-electron chi connectivity index (χ0n) is 18.5. The van der Waals surface area contributed by atoms with Crippen molar-refractivity contribution in [3.63, 3.8) is 0 Å². The third-order valence-corrected chi connectivity index (χ3v) is 6.86. The van der Waals surface area contributed by atoms with Crippen molar-refractivity contribution in [2.24, 2.45) is 5.16 Å². The fraction of sp³-hybridized carbons (Fsp3) is 0.455. The number of benzene rings is 1. The quantitative estimate of drug-likeness (QED) is 0.536. The molecule has 2 aliphatic heterocycles. The Hall–Kier alpha value is -2.14. The number of nitrogens with one attached hydrogen (secondary N) is 1. The smallest absolute Gasteiger partial charge is 0.203 e. The Balaban J connectivity index is 1.59. The molecule has 11 heteroatoms. The number of fused-ring (bicyclic) bond motifs is 2. The van der Waals surface area contributed by atoms with Gasteiger partial charge in [-0.1, -0.05) is 34.4 Å². The number of aromatic nitrogens is 3. The number of aromatic amines is 1. The molecule has 2 aromatic heterocycles. The molecule has 2 N–H and O–H groups in total. The normalized spacial score (nSPS) is 30.0. The van der Waals surface area contributed by atoms with Crippen molar-refractivity contribution in [3.05, 3.63) is 57.9 Å². The Labute approximate surface area is 199 Å². The van der Waals surface area contributed by atoms with Gasteiger partial charge in [-0.15, -0.1) is 0 Å². The number of hydrogen-bond acceptors (Lipinski definition) is 7. The standard InChI is InChI=1S/C22H24Cl2N4O5/c1-21(2)32-17-20(28-8-7-12-18(27-30-4)25-10-26-19(12)28)31-16(22(17,3)33-21)15(29)11-5-6-13(23)14(24)9-11/h5-10,15-17,20,29H,1-4H3,(H,25,26,27)/t15?,16-,17+,20-,22-/m1/s1.